The maximum absolute atomic E-state index is 11.4. The summed E-state index contributed by atoms with van der Waals surface area (Å²) >= 11 is 1.40. The molecule has 6 heteroatoms. The molecule has 5 nitrogen and oxygen atoms in total. The Bertz CT molecular complexity index is 390. The first-order valence-corrected chi connectivity index (χ1v) is 6.31. The van der Waals surface area contributed by atoms with Crippen LogP contribution < -0.4 is 5.32 Å². The van der Waals surface area contributed by atoms with E-state index in [-0.39, 0.29) is 24.7 Å². The molecule has 0 aliphatic carbocycles. The van der Waals surface area contributed by atoms with Crippen molar-refractivity contribution in [3.8, 4) is 0 Å². The lowest BCUT2D eigenvalue weighted by Crippen LogP contribution is -2.14. The fourth-order valence-corrected chi connectivity index (χ4v) is 1.78. The fraction of sp³-hybridized carbons (Fsp3) is 0.545. The number of amides is 1. The number of thiazole rings is 1. The molecule has 0 radical (unpaired) electrons. The van der Waals surface area contributed by atoms with Crippen LogP contribution in [0.15, 0.2) is 6.20 Å². The molecular weight excluding hydrogens is 240 g/mol. The van der Waals surface area contributed by atoms with Crippen LogP contribution in [0.4, 0.5) is 5.13 Å². The van der Waals surface area contributed by atoms with Crippen molar-refractivity contribution in [3.63, 3.8) is 0 Å². The first kappa shape index (κ1) is 13.6. The molecule has 0 fully saturated rings. The number of carbonyl (C=O) groups excluding carboxylic acids is 2. The van der Waals surface area contributed by atoms with Crippen molar-refractivity contribution in [1.29, 1.82) is 0 Å². The number of aromatic nitrogens is 1. The summed E-state index contributed by atoms with van der Waals surface area (Å²) in [6, 6.07) is 0. The quantitative estimate of drug-likeness (QED) is 0.792. The monoisotopic (exact) mass is 256 g/mol. The number of carbonyl (C=O) groups is 2. The zero-order chi connectivity index (χ0) is 12.7. The lowest BCUT2D eigenvalue weighted by atomic mass is 10.3. The number of nitrogens with zero attached hydrogens (tertiary/aromatic N) is 1. The van der Waals surface area contributed by atoms with Crippen LogP contribution in [0.3, 0.4) is 0 Å². The van der Waals surface area contributed by atoms with Crippen molar-refractivity contribution in [1.82, 2.24) is 4.98 Å². The lowest BCUT2D eigenvalue weighted by molar-refractivity contribution is -0.144. The molecule has 0 spiro atoms. The third-order valence-electron chi connectivity index (χ3n) is 1.89. The minimum atomic E-state index is -0.336. The summed E-state index contributed by atoms with van der Waals surface area (Å²) in [5.41, 5.74) is 0. The SMILES string of the molecule is CCCOC(=O)CCC(=O)Nc1ncc(C)s1. The van der Waals surface area contributed by atoms with Crippen molar-refractivity contribution < 1.29 is 14.3 Å². The van der Waals surface area contributed by atoms with Gasteiger partial charge in [0.1, 0.15) is 0 Å². The predicted octanol–water partition coefficient (Wildman–Crippen LogP) is 2.12. The summed E-state index contributed by atoms with van der Waals surface area (Å²) in [4.78, 5) is 27.6. The average molecular weight is 256 g/mol. The van der Waals surface area contributed by atoms with Gasteiger partial charge in [-0.25, -0.2) is 4.98 Å². The summed E-state index contributed by atoms with van der Waals surface area (Å²) in [6.45, 7) is 4.24. The second kappa shape index (κ2) is 7.01. The Balaban J connectivity index is 2.23. The Kier molecular flexibility index (Phi) is 5.62. The lowest BCUT2D eigenvalue weighted by Gasteiger charge is -2.03. The van der Waals surface area contributed by atoms with Crippen LogP contribution in [0.2, 0.25) is 0 Å². The van der Waals surface area contributed by atoms with Gasteiger partial charge in [0, 0.05) is 17.5 Å². The van der Waals surface area contributed by atoms with Gasteiger partial charge in [-0.05, 0) is 13.3 Å². The van der Waals surface area contributed by atoms with Crippen molar-refractivity contribution in [2.24, 2.45) is 0 Å². The Morgan fingerprint density at radius 3 is 2.82 bits per heavy atom. The van der Waals surface area contributed by atoms with Crippen LogP contribution in [0.5, 0.6) is 0 Å². The molecule has 94 valence electrons. The molecule has 0 bridgehead atoms. The third-order valence-corrected chi connectivity index (χ3v) is 2.72. The predicted molar refractivity (Wildman–Crippen MR) is 66.0 cm³/mol. The van der Waals surface area contributed by atoms with E-state index in [9.17, 15) is 9.59 Å². The smallest absolute Gasteiger partial charge is 0.306 e. The van der Waals surface area contributed by atoms with Crippen LogP contribution in [0.1, 0.15) is 31.1 Å². The molecule has 1 aromatic rings. The Hall–Kier alpha value is -1.43. The second-order valence-corrected chi connectivity index (χ2v) is 4.78. The van der Waals surface area contributed by atoms with E-state index in [1.807, 2.05) is 13.8 Å². The van der Waals surface area contributed by atoms with Crippen molar-refractivity contribution in [3.05, 3.63) is 11.1 Å². The van der Waals surface area contributed by atoms with Crippen molar-refractivity contribution in [2.75, 3.05) is 11.9 Å². The van der Waals surface area contributed by atoms with E-state index < -0.39 is 0 Å². The first-order valence-electron chi connectivity index (χ1n) is 5.49. The maximum Gasteiger partial charge on any atom is 0.306 e. The molecule has 0 saturated carbocycles. The van der Waals surface area contributed by atoms with Gasteiger partial charge in [-0.1, -0.05) is 6.92 Å². The van der Waals surface area contributed by atoms with E-state index >= 15 is 0 Å². The molecule has 0 aromatic carbocycles. The van der Waals surface area contributed by atoms with E-state index in [0.717, 1.165) is 11.3 Å². The minimum Gasteiger partial charge on any atom is -0.466 e. The van der Waals surface area contributed by atoms with Crippen LogP contribution in [0.25, 0.3) is 0 Å². The second-order valence-electron chi connectivity index (χ2n) is 3.54. The molecule has 0 unspecified atom stereocenters. The van der Waals surface area contributed by atoms with Crippen LogP contribution in [-0.2, 0) is 14.3 Å². The normalized spacial score (nSPS) is 10.0. The first-order chi connectivity index (χ1) is 8.11. The van der Waals surface area contributed by atoms with E-state index in [1.54, 1.807) is 6.20 Å². The number of aryl methyl sites for hydroxylation is 1. The Labute approximate surface area is 104 Å². The molecule has 17 heavy (non-hydrogen) atoms. The molecule has 0 saturated heterocycles. The Morgan fingerprint density at radius 1 is 1.47 bits per heavy atom. The Morgan fingerprint density at radius 2 is 2.24 bits per heavy atom. The van der Waals surface area contributed by atoms with Gasteiger partial charge < -0.3 is 10.1 Å². The zero-order valence-corrected chi connectivity index (χ0v) is 10.8. The molecule has 0 aliphatic heterocycles. The number of anilines is 1. The number of esters is 1. The largest absolute Gasteiger partial charge is 0.466 e. The highest BCUT2D eigenvalue weighted by atomic mass is 32.1. The molecule has 1 heterocycles. The molecular formula is C11H16N2O3S. The summed E-state index contributed by atoms with van der Waals surface area (Å²) in [5, 5.41) is 3.20. The number of rotatable bonds is 6. The highest BCUT2D eigenvalue weighted by Gasteiger charge is 2.09. The molecule has 1 aromatic heterocycles. The van der Waals surface area contributed by atoms with Crippen molar-refractivity contribution >= 4 is 28.3 Å². The minimum absolute atomic E-state index is 0.107. The number of nitrogens with one attached hydrogen (secondary N) is 1. The van der Waals surface area contributed by atoms with Crippen LogP contribution in [0, 0.1) is 6.92 Å². The van der Waals surface area contributed by atoms with Gasteiger partial charge in [0.05, 0.1) is 13.0 Å². The van der Waals surface area contributed by atoms with Gasteiger partial charge >= 0.3 is 5.97 Å². The van der Waals surface area contributed by atoms with Crippen LogP contribution in [-0.4, -0.2) is 23.5 Å². The van der Waals surface area contributed by atoms with Gasteiger partial charge in [0.2, 0.25) is 5.91 Å². The number of hydrogen-bond donors (Lipinski definition) is 1. The zero-order valence-electron chi connectivity index (χ0n) is 9.99. The number of ether oxygens (including phenoxy) is 1. The summed E-state index contributed by atoms with van der Waals surface area (Å²) in [6.07, 6.45) is 2.71. The highest BCUT2D eigenvalue weighted by molar-refractivity contribution is 7.15. The maximum atomic E-state index is 11.4. The van der Waals surface area contributed by atoms with Gasteiger partial charge in [-0.15, -0.1) is 11.3 Å². The summed E-state index contributed by atoms with van der Waals surface area (Å²) in [5.74, 6) is -0.551. The molecule has 1 amide bonds. The van der Waals surface area contributed by atoms with Crippen molar-refractivity contribution in [2.45, 2.75) is 33.1 Å². The van der Waals surface area contributed by atoms with Gasteiger partial charge in [0.25, 0.3) is 0 Å². The van der Waals surface area contributed by atoms with E-state index in [2.05, 4.69) is 10.3 Å². The van der Waals surface area contributed by atoms with Gasteiger partial charge in [-0.2, -0.15) is 0 Å². The highest BCUT2D eigenvalue weighted by Crippen LogP contribution is 2.16. The fourth-order valence-electron chi connectivity index (χ4n) is 1.10. The third kappa shape index (κ3) is 5.44. The average Bonchev–Trinajstić information content (AvgIpc) is 2.69. The molecule has 0 atom stereocenters. The summed E-state index contributed by atoms with van der Waals surface area (Å²) in [7, 11) is 0. The number of hydrogen-bond acceptors (Lipinski definition) is 5. The topological polar surface area (TPSA) is 68.3 Å². The standard InChI is InChI=1S/C11H16N2O3S/c1-3-6-16-10(15)5-4-9(14)13-11-12-7-8(2)17-11/h7H,3-6H2,1-2H3,(H,12,13,14). The molecule has 1 N–H and O–H groups in total. The van der Waals surface area contributed by atoms with E-state index in [0.29, 0.717) is 11.7 Å². The van der Waals surface area contributed by atoms with E-state index in [1.165, 1.54) is 11.3 Å². The van der Waals surface area contributed by atoms with Crippen LogP contribution >= 0.6 is 11.3 Å². The van der Waals surface area contributed by atoms with Gasteiger partial charge in [-0.3, -0.25) is 9.59 Å². The molecule has 0 aliphatic rings. The van der Waals surface area contributed by atoms with Gasteiger partial charge in [0.15, 0.2) is 5.13 Å². The molecule has 1 rings (SSSR count). The summed E-state index contributed by atoms with van der Waals surface area (Å²) < 4.78 is 4.86. The van der Waals surface area contributed by atoms with E-state index in [4.69, 9.17) is 4.74 Å².